The fraction of sp³-hybridized carbons (Fsp3) is 0.250. The van der Waals surface area contributed by atoms with Crippen molar-refractivity contribution in [2.75, 3.05) is 0 Å². The number of aryl methyl sites for hydroxylation is 1. The molecule has 2 aromatic rings. The van der Waals surface area contributed by atoms with Gasteiger partial charge in [-0.25, -0.2) is 4.98 Å². The number of rotatable bonds is 1. The number of hydrogen-bond acceptors (Lipinski definition) is 2. The first kappa shape index (κ1) is 8.68. The van der Waals surface area contributed by atoms with Crippen molar-refractivity contribution in [3.8, 4) is 5.69 Å². The van der Waals surface area contributed by atoms with Crippen LogP contribution in [0, 0.1) is 6.92 Å². The monoisotopic (exact) mass is 200 g/mol. The number of benzene rings is 1. The smallest absolute Gasteiger partial charge is 0.0991 e. The number of hydrogen-bond donors (Lipinski definition) is 0. The van der Waals surface area contributed by atoms with E-state index < -0.39 is 0 Å². The second-order valence-electron chi connectivity index (χ2n) is 3.82. The van der Waals surface area contributed by atoms with E-state index in [1.54, 1.807) is 6.20 Å². The maximum Gasteiger partial charge on any atom is 0.0991 e. The Balaban J connectivity index is 2.22. The van der Waals surface area contributed by atoms with E-state index >= 15 is 0 Å². The molecule has 0 atom stereocenters. The lowest BCUT2D eigenvalue weighted by atomic mass is 10.0. The molecule has 0 saturated heterocycles. The minimum atomic E-state index is 0.713. The lowest BCUT2D eigenvalue weighted by molar-refractivity contribution is 0.134. The quantitative estimate of drug-likeness (QED) is 0.705. The Bertz CT molecular complexity index is 489. The van der Waals surface area contributed by atoms with E-state index in [-0.39, 0.29) is 0 Å². The average Bonchev–Trinajstić information content (AvgIpc) is 2.88. The van der Waals surface area contributed by atoms with Gasteiger partial charge in [0.05, 0.1) is 25.2 Å². The Morgan fingerprint density at radius 2 is 2.13 bits per heavy atom. The van der Waals surface area contributed by atoms with Gasteiger partial charge in [0, 0.05) is 18.0 Å². The minimum Gasteiger partial charge on any atom is -0.372 e. The van der Waals surface area contributed by atoms with Crippen molar-refractivity contribution in [2.45, 2.75) is 20.1 Å². The van der Waals surface area contributed by atoms with Crippen molar-refractivity contribution in [3.63, 3.8) is 0 Å². The Morgan fingerprint density at radius 1 is 1.27 bits per heavy atom. The Labute approximate surface area is 88.3 Å². The third-order valence-electron chi connectivity index (χ3n) is 2.92. The molecular weight excluding hydrogens is 188 g/mol. The van der Waals surface area contributed by atoms with Crippen LogP contribution in [0.3, 0.4) is 0 Å². The molecule has 0 N–H and O–H groups in total. The van der Waals surface area contributed by atoms with Crippen molar-refractivity contribution >= 4 is 0 Å². The zero-order chi connectivity index (χ0) is 10.3. The predicted molar refractivity (Wildman–Crippen MR) is 56.8 cm³/mol. The van der Waals surface area contributed by atoms with Crippen LogP contribution in [0.25, 0.3) is 5.69 Å². The lowest BCUT2D eigenvalue weighted by Gasteiger charge is -2.09. The molecule has 15 heavy (non-hydrogen) atoms. The van der Waals surface area contributed by atoms with Crippen LogP contribution in [0.4, 0.5) is 0 Å². The normalized spacial score (nSPS) is 14.2. The molecule has 0 bridgehead atoms. The highest BCUT2D eigenvalue weighted by Crippen LogP contribution is 2.28. The van der Waals surface area contributed by atoms with Crippen LogP contribution in [-0.2, 0) is 18.0 Å². The summed E-state index contributed by atoms with van der Waals surface area (Å²) in [5, 5.41) is 0. The third-order valence-corrected chi connectivity index (χ3v) is 2.92. The molecule has 2 heterocycles. The summed E-state index contributed by atoms with van der Waals surface area (Å²) in [7, 11) is 0. The molecule has 0 aliphatic carbocycles. The molecule has 1 aromatic carbocycles. The molecule has 1 aliphatic heterocycles. The number of ether oxygens (including phenoxy) is 1. The topological polar surface area (TPSA) is 27.1 Å². The summed E-state index contributed by atoms with van der Waals surface area (Å²) < 4.78 is 7.54. The van der Waals surface area contributed by atoms with Crippen molar-refractivity contribution < 1.29 is 4.74 Å². The van der Waals surface area contributed by atoms with Gasteiger partial charge < -0.3 is 9.30 Å². The molecule has 0 spiro atoms. The highest BCUT2D eigenvalue weighted by atomic mass is 16.5. The maximum atomic E-state index is 5.50. The lowest BCUT2D eigenvalue weighted by Crippen LogP contribution is -1.98. The summed E-state index contributed by atoms with van der Waals surface area (Å²) in [5.41, 5.74) is 5.13. The summed E-state index contributed by atoms with van der Waals surface area (Å²) in [4.78, 5) is 4.07. The molecule has 3 heteroatoms. The molecule has 0 amide bonds. The third kappa shape index (κ3) is 1.27. The van der Waals surface area contributed by atoms with E-state index in [4.69, 9.17) is 4.74 Å². The van der Waals surface area contributed by atoms with Gasteiger partial charge in [-0.3, -0.25) is 0 Å². The van der Waals surface area contributed by atoms with Gasteiger partial charge in [-0.15, -0.1) is 0 Å². The number of nitrogens with zero attached hydrogens (tertiary/aromatic N) is 2. The van der Waals surface area contributed by atoms with Crippen molar-refractivity contribution in [1.82, 2.24) is 9.55 Å². The summed E-state index contributed by atoms with van der Waals surface area (Å²) in [6.45, 7) is 3.58. The molecule has 0 unspecified atom stereocenters. The highest BCUT2D eigenvalue weighted by molar-refractivity contribution is 5.50. The van der Waals surface area contributed by atoms with Gasteiger partial charge in [0.25, 0.3) is 0 Å². The molecule has 1 aromatic heterocycles. The van der Waals surface area contributed by atoms with Crippen molar-refractivity contribution in [1.29, 1.82) is 0 Å². The van der Waals surface area contributed by atoms with E-state index in [0.717, 1.165) is 6.61 Å². The summed E-state index contributed by atoms with van der Waals surface area (Å²) in [6.07, 6.45) is 5.58. The average molecular weight is 200 g/mol. The predicted octanol–water partition coefficient (Wildman–Crippen LogP) is 2.21. The van der Waals surface area contributed by atoms with E-state index in [9.17, 15) is 0 Å². The number of aromatic nitrogens is 2. The zero-order valence-electron chi connectivity index (χ0n) is 8.60. The zero-order valence-corrected chi connectivity index (χ0v) is 8.60. The summed E-state index contributed by atoms with van der Waals surface area (Å²) in [6, 6.07) is 4.27. The summed E-state index contributed by atoms with van der Waals surface area (Å²) >= 11 is 0. The Hall–Kier alpha value is -1.61. The Kier molecular flexibility index (Phi) is 1.86. The van der Waals surface area contributed by atoms with E-state index in [2.05, 4.69) is 24.0 Å². The number of fused-ring (bicyclic) bond motifs is 1. The molecule has 0 radical (unpaired) electrons. The van der Waals surface area contributed by atoms with Crippen LogP contribution in [0.2, 0.25) is 0 Å². The molecule has 1 aliphatic rings. The van der Waals surface area contributed by atoms with Crippen molar-refractivity contribution in [3.05, 3.63) is 47.5 Å². The van der Waals surface area contributed by atoms with Crippen LogP contribution in [0.1, 0.15) is 16.7 Å². The van der Waals surface area contributed by atoms with Gasteiger partial charge in [-0.1, -0.05) is 6.07 Å². The second-order valence-corrected chi connectivity index (χ2v) is 3.82. The van der Waals surface area contributed by atoms with Gasteiger partial charge in [-0.2, -0.15) is 0 Å². The fourth-order valence-corrected chi connectivity index (χ4v) is 2.06. The van der Waals surface area contributed by atoms with E-state index in [0.29, 0.717) is 6.61 Å². The SMILES string of the molecule is Cc1ccc(-n2ccnc2)c2c1COC2. The van der Waals surface area contributed by atoms with Crippen molar-refractivity contribution in [2.24, 2.45) is 0 Å². The largest absolute Gasteiger partial charge is 0.372 e. The molecule has 3 rings (SSSR count). The minimum absolute atomic E-state index is 0.713. The van der Waals surface area contributed by atoms with E-state index in [1.165, 1.54) is 22.4 Å². The van der Waals surface area contributed by atoms with Crippen LogP contribution in [0.15, 0.2) is 30.9 Å². The van der Waals surface area contributed by atoms with Crippen LogP contribution in [0.5, 0.6) is 0 Å². The molecule has 3 nitrogen and oxygen atoms in total. The first-order valence-corrected chi connectivity index (χ1v) is 5.03. The van der Waals surface area contributed by atoms with Gasteiger partial charge >= 0.3 is 0 Å². The molecule has 0 saturated carbocycles. The van der Waals surface area contributed by atoms with Gasteiger partial charge in [0.1, 0.15) is 0 Å². The van der Waals surface area contributed by atoms with Gasteiger partial charge in [0.2, 0.25) is 0 Å². The highest BCUT2D eigenvalue weighted by Gasteiger charge is 2.17. The first-order chi connectivity index (χ1) is 7.36. The fourth-order valence-electron chi connectivity index (χ4n) is 2.06. The van der Waals surface area contributed by atoms with Crippen LogP contribution >= 0.6 is 0 Å². The molecule has 0 fully saturated rings. The second kappa shape index (κ2) is 3.21. The first-order valence-electron chi connectivity index (χ1n) is 5.03. The van der Waals surface area contributed by atoms with Crippen LogP contribution in [-0.4, -0.2) is 9.55 Å². The van der Waals surface area contributed by atoms with Crippen LogP contribution < -0.4 is 0 Å². The van der Waals surface area contributed by atoms with Gasteiger partial charge in [-0.05, 0) is 24.1 Å². The molecule has 76 valence electrons. The maximum absolute atomic E-state index is 5.50. The Morgan fingerprint density at radius 3 is 2.93 bits per heavy atom. The summed E-state index contributed by atoms with van der Waals surface area (Å²) in [5.74, 6) is 0. The van der Waals surface area contributed by atoms with Gasteiger partial charge in [0.15, 0.2) is 0 Å². The standard InChI is InChI=1S/C12H12N2O/c1-9-2-3-12(14-5-4-13-8-14)11-7-15-6-10(9)11/h2-5,8H,6-7H2,1H3. The van der Waals surface area contributed by atoms with E-state index in [1.807, 2.05) is 17.1 Å². The molecular formula is C12H12N2O. The number of imidazole rings is 1.